The minimum Gasteiger partial charge on any atom is -0.297 e. The zero-order chi connectivity index (χ0) is 14.2. The molecule has 0 radical (unpaired) electrons. The fourth-order valence-corrected chi connectivity index (χ4v) is 3.89. The summed E-state index contributed by atoms with van der Waals surface area (Å²) in [7, 11) is 0. The maximum Gasteiger partial charge on any atom is 0.267 e. The van der Waals surface area contributed by atoms with Crippen LogP contribution in [0, 0.1) is 0 Å². The van der Waals surface area contributed by atoms with E-state index in [0.29, 0.717) is 10.0 Å². The number of carbonyl (C=O) groups is 1. The molecule has 3 nitrogen and oxygen atoms in total. The molecule has 102 valence electrons. The second-order valence-electron chi connectivity index (χ2n) is 4.59. The Balaban J connectivity index is 1.77. The molecule has 1 N–H and O–H groups in total. The number of hydrogen-bond acceptors (Lipinski definition) is 4. The Kier molecular flexibility index (Phi) is 2.94. The second-order valence-corrected chi connectivity index (χ2v) is 6.53. The van der Waals surface area contributed by atoms with Gasteiger partial charge in [-0.25, -0.2) is 4.98 Å². The van der Waals surface area contributed by atoms with E-state index in [0.717, 1.165) is 10.2 Å². The lowest BCUT2D eigenvalue weighted by Gasteiger charge is -1.97. The standard InChI is InChI=1S/C16H10N2OS2/c19-15(13-6-3-9-20-13)18-16-17-12-8-7-10-4-1-2-5-11(10)14(12)21-16/h1-9H,(H,17,18,19). The molecule has 2 aromatic heterocycles. The molecule has 0 aliphatic rings. The summed E-state index contributed by atoms with van der Waals surface area (Å²) in [6.07, 6.45) is 0. The highest BCUT2D eigenvalue weighted by Crippen LogP contribution is 2.32. The van der Waals surface area contributed by atoms with Gasteiger partial charge in [-0.15, -0.1) is 11.3 Å². The fourth-order valence-electron chi connectivity index (χ4n) is 2.28. The van der Waals surface area contributed by atoms with Crippen LogP contribution in [-0.4, -0.2) is 10.9 Å². The Morgan fingerprint density at radius 2 is 1.95 bits per heavy atom. The highest BCUT2D eigenvalue weighted by molar-refractivity contribution is 7.23. The predicted octanol–water partition coefficient (Wildman–Crippen LogP) is 4.76. The molecule has 5 heteroatoms. The van der Waals surface area contributed by atoms with Gasteiger partial charge in [-0.2, -0.15) is 0 Å². The molecule has 2 heterocycles. The summed E-state index contributed by atoms with van der Waals surface area (Å²) < 4.78 is 1.11. The molecular weight excluding hydrogens is 300 g/mol. The topological polar surface area (TPSA) is 42.0 Å². The van der Waals surface area contributed by atoms with Crippen molar-refractivity contribution in [1.29, 1.82) is 0 Å². The minimum absolute atomic E-state index is 0.103. The van der Waals surface area contributed by atoms with Crippen LogP contribution in [0.1, 0.15) is 9.67 Å². The number of nitrogens with zero attached hydrogens (tertiary/aromatic N) is 1. The number of aromatic nitrogens is 1. The van der Waals surface area contributed by atoms with Crippen LogP contribution in [0.25, 0.3) is 21.0 Å². The van der Waals surface area contributed by atoms with Gasteiger partial charge in [-0.3, -0.25) is 10.1 Å². The molecule has 0 fully saturated rings. The lowest BCUT2D eigenvalue weighted by atomic mass is 10.1. The maximum atomic E-state index is 12.1. The first-order valence-corrected chi connectivity index (χ1v) is 8.14. The summed E-state index contributed by atoms with van der Waals surface area (Å²) >= 11 is 2.94. The highest BCUT2D eigenvalue weighted by atomic mass is 32.1. The molecule has 2 aromatic carbocycles. The predicted molar refractivity (Wildman–Crippen MR) is 89.4 cm³/mol. The molecule has 4 rings (SSSR count). The van der Waals surface area contributed by atoms with Crippen molar-refractivity contribution in [3.63, 3.8) is 0 Å². The van der Waals surface area contributed by atoms with Gasteiger partial charge in [-0.05, 0) is 22.9 Å². The molecular formula is C16H10N2OS2. The molecule has 0 saturated heterocycles. The zero-order valence-corrected chi connectivity index (χ0v) is 12.5. The number of benzene rings is 2. The molecule has 0 aliphatic heterocycles. The summed E-state index contributed by atoms with van der Waals surface area (Å²) in [5.74, 6) is -0.103. The summed E-state index contributed by atoms with van der Waals surface area (Å²) in [6, 6.07) is 15.9. The minimum atomic E-state index is -0.103. The van der Waals surface area contributed by atoms with Crippen LogP contribution in [0.15, 0.2) is 53.9 Å². The van der Waals surface area contributed by atoms with Gasteiger partial charge in [-0.1, -0.05) is 47.7 Å². The summed E-state index contributed by atoms with van der Waals surface area (Å²) in [5, 5.41) is 7.76. The van der Waals surface area contributed by atoms with Crippen LogP contribution in [0.2, 0.25) is 0 Å². The van der Waals surface area contributed by atoms with Crippen molar-refractivity contribution in [3.8, 4) is 0 Å². The van der Waals surface area contributed by atoms with Crippen molar-refractivity contribution in [1.82, 2.24) is 4.98 Å². The van der Waals surface area contributed by atoms with E-state index in [1.54, 1.807) is 0 Å². The number of nitrogens with one attached hydrogen (secondary N) is 1. The Hall–Kier alpha value is -2.24. The largest absolute Gasteiger partial charge is 0.297 e. The van der Waals surface area contributed by atoms with E-state index in [1.807, 2.05) is 35.7 Å². The summed E-state index contributed by atoms with van der Waals surface area (Å²) in [6.45, 7) is 0. The number of thiophene rings is 1. The van der Waals surface area contributed by atoms with Crippen molar-refractivity contribution in [2.75, 3.05) is 5.32 Å². The molecule has 0 aliphatic carbocycles. The van der Waals surface area contributed by atoms with Gasteiger partial charge < -0.3 is 0 Å². The van der Waals surface area contributed by atoms with Crippen molar-refractivity contribution < 1.29 is 4.79 Å². The summed E-state index contributed by atoms with van der Waals surface area (Å²) in [4.78, 5) is 17.3. The van der Waals surface area contributed by atoms with Crippen LogP contribution in [0.5, 0.6) is 0 Å². The highest BCUT2D eigenvalue weighted by Gasteiger charge is 2.11. The molecule has 0 saturated carbocycles. The molecule has 0 bridgehead atoms. The smallest absolute Gasteiger partial charge is 0.267 e. The Morgan fingerprint density at radius 3 is 2.81 bits per heavy atom. The SMILES string of the molecule is O=C(Nc1nc2ccc3ccccc3c2s1)c1cccs1. The molecule has 0 atom stereocenters. The molecule has 21 heavy (non-hydrogen) atoms. The van der Waals surface area contributed by atoms with Gasteiger partial charge in [0.2, 0.25) is 0 Å². The van der Waals surface area contributed by atoms with Crippen LogP contribution < -0.4 is 5.32 Å². The third kappa shape index (κ3) is 2.20. The van der Waals surface area contributed by atoms with Gasteiger partial charge >= 0.3 is 0 Å². The van der Waals surface area contributed by atoms with E-state index in [2.05, 4.69) is 28.5 Å². The lowest BCUT2D eigenvalue weighted by Crippen LogP contribution is -2.09. The van der Waals surface area contributed by atoms with Gasteiger partial charge in [0, 0.05) is 5.39 Å². The van der Waals surface area contributed by atoms with Gasteiger partial charge in [0.1, 0.15) is 0 Å². The number of thiazole rings is 1. The van der Waals surface area contributed by atoms with Gasteiger partial charge in [0.15, 0.2) is 5.13 Å². The van der Waals surface area contributed by atoms with E-state index in [-0.39, 0.29) is 5.91 Å². The van der Waals surface area contributed by atoms with Crippen LogP contribution in [-0.2, 0) is 0 Å². The van der Waals surface area contributed by atoms with E-state index in [4.69, 9.17) is 0 Å². The van der Waals surface area contributed by atoms with Crippen molar-refractivity contribution in [3.05, 3.63) is 58.8 Å². The van der Waals surface area contributed by atoms with Crippen LogP contribution in [0.4, 0.5) is 5.13 Å². The molecule has 0 spiro atoms. The zero-order valence-electron chi connectivity index (χ0n) is 10.9. The van der Waals surface area contributed by atoms with Gasteiger partial charge in [0.05, 0.1) is 15.1 Å². The molecule has 4 aromatic rings. The number of fused-ring (bicyclic) bond motifs is 3. The Bertz CT molecular complexity index is 941. The molecule has 0 unspecified atom stereocenters. The third-order valence-electron chi connectivity index (χ3n) is 3.24. The van der Waals surface area contributed by atoms with Crippen molar-refractivity contribution >= 4 is 54.7 Å². The number of amides is 1. The number of hydrogen-bond donors (Lipinski definition) is 1. The quantitative estimate of drug-likeness (QED) is 0.580. The average molecular weight is 310 g/mol. The van der Waals surface area contributed by atoms with Gasteiger partial charge in [0.25, 0.3) is 5.91 Å². The Labute approximate surface area is 128 Å². The first-order valence-electron chi connectivity index (χ1n) is 6.44. The number of carbonyl (C=O) groups excluding carboxylic acids is 1. The maximum absolute atomic E-state index is 12.1. The average Bonchev–Trinajstić information content (AvgIpc) is 3.16. The monoisotopic (exact) mass is 310 g/mol. The fraction of sp³-hybridized carbons (Fsp3) is 0. The van der Waals surface area contributed by atoms with E-state index in [9.17, 15) is 4.79 Å². The third-order valence-corrected chi connectivity index (χ3v) is 5.13. The number of anilines is 1. The number of rotatable bonds is 2. The first kappa shape index (κ1) is 12.5. The lowest BCUT2D eigenvalue weighted by molar-refractivity contribution is 0.103. The normalized spacial score (nSPS) is 11.0. The Morgan fingerprint density at radius 1 is 1.05 bits per heavy atom. The van der Waals surface area contributed by atoms with Crippen LogP contribution >= 0.6 is 22.7 Å². The summed E-state index contributed by atoms with van der Waals surface area (Å²) in [5.41, 5.74) is 0.917. The van der Waals surface area contributed by atoms with E-state index >= 15 is 0 Å². The second kappa shape index (κ2) is 4.95. The van der Waals surface area contributed by atoms with Crippen molar-refractivity contribution in [2.24, 2.45) is 0 Å². The first-order chi connectivity index (χ1) is 10.3. The van der Waals surface area contributed by atoms with E-state index < -0.39 is 0 Å². The van der Waals surface area contributed by atoms with Crippen molar-refractivity contribution in [2.45, 2.75) is 0 Å². The van der Waals surface area contributed by atoms with E-state index in [1.165, 1.54) is 33.4 Å². The molecule has 1 amide bonds. The van der Waals surface area contributed by atoms with Crippen LogP contribution in [0.3, 0.4) is 0 Å².